The number of hydrogen-bond acceptors (Lipinski definition) is 4. The van der Waals surface area contributed by atoms with Crippen molar-refractivity contribution >= 4 is 5.82 Å². The maximum absolute atomic E-state index is 9.21. The summed E-state index contributed by atoms with van der Waals surface area (Å²) in [6.07, 6.45) is 4.00. The Balaban J connectivity index is 2.81. The molecule has 0 radical (unpaired) electrons. The van der Waals surface area contributed by atoms with Crippen LogP contribution >= 0.6 is 0 Å². The lowest BCUT2D eigenvalue weighted by molar-refractivity contribution is 0.136. The lowest BCUT2D eigenvalue weighted by Gasteiger charge is -2.30. The molecule has 1 aromatic heterocycles. The Labute approximate surface area is 110 Å². The summed E-state index contributed by atoms with van der Waals surface area (Å²) in [6, 6.07) is 4.56. The number of aliphatic hydroxyl groups is 1. The molecule has 102 valence electrons. The number of aromatic nitrogens is 1. The highest BCUT2D eigenvalue weighted by Gasteiger charge is 2.16. The second-order valence-corrected chi connectivity index (χ2v) is 4.43. The highest BCUT2D eigenvalue weighted by atomic mass is 16.3. The molecule has 0 amide bonds. The molecule has 0 bridgehead atoms. The summed E-state index contributed by atoms with van der Waals surface area (Å²) in [5.41, 5.74) is 1.18. The Hall–Kier alpha value is -1.13. The summed E-state index contributed by atoms with van der Waals surface area (Å²) in [5, 5.41) is 12.3. The van der Waals surface area contributed by atoms with Gasteiger partial charge >= 0.3 is 0 Å². The summed E-state index contributed by atoms with van der Waals surface area (Å²) in [6.45, 7) is 6.13. The summed E-state index contributed by atoms with van der Waals surface area (Å²) in [5.74, 6) is 0.923. The van der Waals surface area contributed by atoms with Gasteiger partial charge < -0.3 is 10.4 Å². The van der Waals surface area contributed by atoms with Crippen LogP contribution in [-0.4, -0.2) is 41.2 Å². The SMILES string of the molecule is CCC(CC)N(CCO)Cc1cccnc1NC. The number of nitrogens with zero attached hydrogens (tertiary/aromatic N) is 2. The minimum Gasteiger partial charge on any atom is -0.395 e. The molecular weight excluding hydrogens is 226 g/mol. The molecule has 1 rings (SSSR count). The summed E-state index contributed by atoms with van der Waals surface area (Å²) < 4.78 is 0. The van der Waals surface area contributed by atoms with Gasteiger partial charge in [-0.25, -0.2) is 4.98 Å². The predicted octanol–water partition coefficient (Wildman–Crippen LogP) is 2.11. The first-order valence-electron chi connectivity index (χ1n) is 6.73. The van der Waals surface area contributed by atoms with E-state index in [0.29, 0.717) is 12.6 Å². The van der Waals surface area contributed by atoms with E-state index in [-0.39, 0.29) is 6.61 Å². The Morgan fingerprint density at radius 2 is 2.11 bits per heavy atom. The molecule has 1 heterocycles. The third-order valence-corrected chi connectivity index (χ3v) is 3.35. The van der Waals surface area contributed by atoms with Crippen molar-refractivity contribution in [3.05, 3.63) is 23.9 Å². The molecular formula is C14H25N3O. The minimum absolute atomic E-state index is 0.200. The Bertz CT molecular complexity index is 340. The number of aliphatic hydroxyl groups excluding tert-OH is 1. The van der Waals surface area contributed by atoms with Gasteiger partial charge in [-0.3, -0.25) is 4.90 Å². The molecule has 2 N–H and O–H groups in total. The first-order valence-corrected chi connectivity index (χ1v) is 6.73. The maximum atomic E-state index is 9.21. The smallest absolute Gasteiger partial charge is 0.130 e. The molecule has 0 fully saturated rings. The maximum Gasteiger partial charge on any atom is 0.130 e. The highest BCUT2D eigenvalue weighted by Crippen LogP contribution is 2.17. The second kappa shape index (κ2) is 8.06. The van der Waals surface area contributed by atoms with Crippen molar-refractivity contribution in [3.63, 3.8) is 0 Å². The Morgan fingerprint density at radius 1 is 1.39 bits per heavy atom. The Morgan fingerprint density at radius 3 is 2.67 bits per heavy atom. The zero-order chi connectivity index (χ0) is 13.4. The Kier molecular flexibility index (Phi) is 6.68. The number of hydrogen-bond donors (Lipinski definition) is 2. The van der Waals surface area contributed by atoms with Gasteiger partial charge in [-0.05, 0) is 18.9 Å². The number of rotatable bonds is 8. The highest BCUT2D eigenvalue weighted by molar-refractivity contribution is 5.42. The van der Waals surface area contributed by atoms with Gasteiger partial charge in [0.25, 0.3) is 0 Å². The van der Waals surface area contributed by atoms with Gasteiger partial charge in [-0.2, -0.15) is 0 Å². The van der Waals surface area contributed by atoms with Crippen LogP contribution in [0.4, 0.5) is 5.82 Å². The average molecular weight is 251 g/mol. The molecule has 0 aliphatic carbocycles. The van der Waals surface area contributed by atoms with E-state index in [1.807, 2.05) is 13.1 Å². The van der Waals surface area contributed by atoms with Crippen LogP contribution in [0.15, 0.2) is 18.3 Å². The van der Waals surface area contributed by atoms with Gasteiger partial charge in [-0.15, -0.1) is 0 Å². The van der Waals surface area contributed by atoms with Crippen molar-refractivity contribution in [3.8, 4) is 0 Å². The molecule has 0 aliphatic heterocycles. The van der Waals surface area contributed by atoms with E-state index in [1.165, 1.54) is 5.56 Å². The topological polar surface area (TPSA) is 48.4 Å². The predicted molar refractivity (Wildman–Crippen MR) is 75.6 cm³/mol. The van der Waals surface area contributed by atoms with Crippen LogP contribution in [0, 0.1) is 0 Å². The number of pyridine rings is 1. The summed E-state index contributed by atoms with van der Waals surface area (Å²) in [7, 11) is 1.89. The third kappa shape index (κ3) is 3.96. The van der Waals surface area contributed by atoms with E-state index in [2.05, 4.69) is 35.1 Å². The van der Waals surface area contributed by atoms with Gasteiger partial charge in [0.2, 0.25) is 0 Å². The first-order chi connectivity index (χ1) is 8.76. The van der Waals surface area contributed by atoms with Crippen LogP contribution in [0.25, 0.3) is 0 Å². The monoisotopic (exact) mass is 251 g/mol. The van der Waals surface area contributed by atoms with Crippen LogP contribution < -0.4 is 5.32 Å². The molecule has 0 aromatic carbocycles. The molecule has 18 heavy (non-hydrogen) atoms. The lowest BCUT2D eigenvalue weighted by atomic mass is 10.1. The normalized spacial score (nSPS) is 11.2. The number of nitrogens with one attached hydrogen (secondary N) is 1. The molecule has 4 heteroatoms. The van der Waals surface area contributed by atoms with Gasteiger partial charge in [0.15, 0.2) is 0 Å². The van der Waals surface area contributed by atoms with Crippen LogP contribution in [0.1, 0.15) is 32.3 Å². The van der Waals surface area contributed by atoms with Crippen molar-refractivity contribution in [1.29, 1.82) is 0 Å². The first kappa shape index (κ1) is 14.9. The molecule has 1 aromatic rings. The average Bonchev–Trinajstić information content (AvgIpc) is 2.41. The van der Waals surface area contributed by atoms with E-state index < -0.39 is 0 Å². The van der Waals surface area contributed by atoms with Crippen LogP contribution in [-0.2, 0) is 6.54 Å². The van der Waals surface area contributed by atoms with Gasteiger partial charge in [0.1, 0.15) is 5.82 Å². The standard InChI is InChI=1S/C14H25N3O/c1-4-13(5-2)17(9-10-18)11-12-7-6-8-16-14(12)15-3/h6-8,13,18H,4-5,9-11H2,1-3H3,(H,15,16). The zero-order valence-corrected chi connectivity index (χ0v) is 11.7. The summed E-state index contributed by atoms with van der Waals surface area (Å²) >= 11 is 0. The van der Waals surface area contributed by atoms with Crippen molar-refractivity contribution in [2.45, 2.75) is 39.3 Å². The van der Waals surface area contributed by atoms with E-state index in [9.17, 15) is 5.11 Å². The van der Waals surface area contributed by atoms with Crippen molar-refractivity contribution < 1.29 is 5.11 Å². The largest absolute Gasteiger partial charge is 0.395 e. The molecule has 0 spiro atoms. The zero-order valence-electron chi connectivity index (χ0n) is 11.7. The van der Waals surface area contributed by atoms with Gasteiger partial charge in [-0.1, -0.05) is 19.9 Å². The van der Waals surface area contributed by atoms with E-state index in [4.69, 9.17) is 0 Å². The quantitative estimate of drug-likeness (QED) is 0.743. The molecule has 0 atom stereocenters. The number of anilines is 1. The molecule has 0 saturated heterocycles. The fourth-order valence-corrected chi connectivity index (χ4v) is 2.33. The van der Waals surface area contributed by atoms with Gasteiger partial charge in [0.05, 0.1) is 6.61 Å². The second-order valence-electron chi connectivity index (χ2n) is 4.43. The van der Waals surface area contributed by atoms with Crippen molar-refractivity contribution in [2.75, 3.05) is 25.5 Å². The van der Waals surface area contributed by atoms with E-state index in [0.717, 1.165) is 25.2 Å². The molecule has 4 nitrogen and oxygen atoms in total. The van der Waals surface area contributed by atoms with E-state index >= 15 is 0 Å². The van der Waals surface area contributed by atoms with E-state index in [1.54, 1.807) is 6.20 Å². The summed E-state index contributed by atoms with van der Waals surface area (Å²) in [4.78, 5) is 6.65. The van der Waals surface area contributed by atoms with Gasteiger partial charge in [0, 0.05) is 37.9 Å². The van der Waals surface area contributed by atoms with Crippen LogP contribution in [0.2, 0.25) is 0 Å². The lowest BCUT2D eigenvalue weighted by Crippen LogP contribution is -2.36. The van der Waals surface area contributed by atoms with Crippen molar-refractivity contribution in [1.82, 2.24) is 9.88 Å². The minimum atomic E-state index is 0.200. The molecule has 0 saturated carbocycles. The third-order valence-electron chi connectivity index (χ3n) is 3.35. The van der Waals surface area contributed by atoms with Crippen LogP contribution in [0.3, 0.4) is 0 Å². The fraction of sp³-hybridized carbons (Fsp3) is 0.643. The molecule has 0 aliphatic rings. The fourth-order valence-electron chi connectivity index (χ4n) is 2.33. The van der Waals surface area contributed by atoms with Crippen molar-refractivity contribution in [2.24, 2.45) is 0 Å². The van der Waals surface area contributed by atoms with Crippen LogP contribution in [0.5, 0.6) is 0 Å². The molecule has 0 unspecified atom stereocenters.